The molecule has 1 aliphatic rings. The van der Waals surface area contributed by atoms with Crippen molar-refractivity contribution < 1.29 is 19.4 Å². The van der Waals surface area contributed by atoms with Gasteiger partial charge in [-0.05, 0) is 55.7 Å². The normalized spacial score (nSPS) is 14.2. The predicted molar refractivity (Wildman–Crippen MR) is 92.6 cm³/mol. The second-order valence-electron chi connectivity index (χ2n) is 5.96. The summed E-state index contributed by atoms with van der Waals surface area (Å²) in [6.45, 7) is 1.19. The summed E-state index contributed by atoms with van der Waals surface area (Å²) in [6.07, 6.45) is 4.91. The molecule has 0 spiro atoms. The average molecular weight is 340 g/mol. The van der Waals surface area contributed by atoms with Crippen LogP contribution >= 0.6 is 0 Å². The summed E-state index contributed by atoms with van der Waals surface area (Å²) < 4.78 is 5.14. The highest BCUT2D eigenvalue weighted by Gasteiger charge is 2.21. The van der Waals surface area contributed by atoms with Crippen molar-refractivity contribution in [1.29, 1.82) is 0 Å². The summed E-state index contributed by atoms with van der Waals surface area (Å²) in [4.78, 5) is 29.7. The van der Waals surface area contributed by atoms with Gasteiger partial charge in [0.15, 0.2) is 6.61 Å². The second-order valence-corrected chi connectivity index (χ2v) is 5.96. The molecule has 1 amide bonds. The van der Waals surface area contributed by atoms with E-state index in [-0.39, 0.29) is 12.5 Å². The summed E-state index contributed by atoms with van der Waals surface area (Å²) >= 11 is 0. The Bertz CT molecular complexity index is 752. The van der Waals surface area contributed by atoms with E-state index in [1.807, 2.05) is 4.90 Å². The number of carbonyl (C=O) groups is 2. The summed E-state index contributed by atoms with van der Waals surface area (Å²) in [6, 6.07) is 10.5. The first kappa shape index (κ1) is 17.0. The van der Waals surface area contributed by atoms with Crippen LogP contribution in [0.3, 0.4) is 0 Å². The van der Waals surface area contributed by atoms with E-state index in [1.165, 1.54) is 6.42 Å². The van der Waals surface area contributed by atoms with Crippen molar-refractivity contribution >= 4 is 11.9 Å². The van der Waals surface area contributed by atoms with Crippen LogP contribution in [0.5, 0.6) is 5.75 Å². The Kier molecular flexibility index (Phi) is 5.28. The molecule has 6 heteroatoms. The van der Waals surface area contributed by atoms with Gasteiger partial charge in [0, 0.05) is 24.8 Å². The Balaban J connectivity index is 1.82. The van der Waals surface area contributed by atoms with E-state index in [9.17, 15) is 9.59 Å². The van der Waals surface area contributed by atoms with E-state index in [0.29, 0.717) is 17.0 Å². The van der Waals surface area contributed by atoms with Gasteiger partial charge in [0.1, 0.15) is 5.75 Å². The highest BCUT2D eigenvalue weighted by Crippen LogP contribution is 2.25. The van der Waals surface area contributed by atoms with Gasteiger partial charge in [-0.25, -0.2) is 4.79 Å². The number of piperidine rings is 1. The molecule has 0 radical (unpaired) electrons. The minimum Gasteiger partial charge on any atom is -0.482 e. The van der Waals surface area contributed by atoms with Gasteiger partial charge in [0.25, 0.3) is 5.91 Å². The standard InChI is InChI=1S/C19H20N2O4/c22-17(23)13-25-15-8-6-14(7-9-15)18-16(5-4-10-20-18)19(24)21-11-2-1-3-12-21/h4-10H,1-3,11-13H2,(H,22,23). The Morgan fingerprint density at radius 2 is 1.80 bits per heavy atom. The van der Waals surface area contributed by atoms with Crippen molar-refractivity contribution in [3.05, 3.63) is 48.2 Å². The van der Waals surface area contributed by atoms with Gasteiger partial charge >= 0.3 is 5.97 Å². The van der Waals surface area contributed by atoms with Gasteiger partial charge in [0.05, 0.1) is 11.3 Å². The lowest BCUT2D eigenvalue weighted by Gasteiger charge is -2.27. The molecule has 3 rings (SSSR count). The third kappa shape index (κ3) is 4.15. The van der Waals surface area contributed by atoms with Gasteiger partial charge in [0.2, 0.25) is 0 Å². The van der Waals surface area contributed by atoms with Crippen molar-refractivity contribution in [2.75, 3.05) is 19.7 Å². The number of hydrogen-bond donors (Lipinski definition) is 1. The van der Waals surface area contributed by atoms with E-state index in [1.54, 1.807) is 42.6 Å². The summed E-state index contributed by atoms with van der Waals surface area (Å²) in [7, 11) is 0. The quantitative estimate of drug-likeness (QED) is 0.905. The van der Waals surface area contributed by atoms with Crippen LogP contribution in [0.25, 0.3) is 11.3 Å². The zero-order valence-corrected chi connectivity index (χ0v) is 13.9. The first-order valence-corrected chi connectivity index (χ1v) is 8.34. The number of aliphatic carboxylic acids is 1. The highest BCUT2D eigenvalue weighted by atomic mass is 16.5. The summed E-state index contributed by atoms with van der Waals surface area (Å²) in [5.74, 6) is -0.553. The zero-order chi connectivity index (χ0) is 17.6. The smallest absolute Gasteiger partial charge is 0.341 e. The Labute approximate surface area is 146 Å². The lowest BCUT2D eigenvalue weighted by molar-refractivity contribution is -0.139. The van der Waals surface area contributed by atoms with Crippen LogP contribution in [-0.4, -0.2) is 46.6 Å². The molecule has 1 saturated heterocycles. The van der Waals surface area contributed by atoms with Gasteiger partial charge in [-0.1, -0.05) is 0 Å². The first-order valence-electron chi connectivity index (χ1n) is 8.34. The fourth-order valence-corrected chi connectivity index (χ4v) is 2.93. The molecular formula is C19H20N2O4. The molecule has 2 aromatic rings. The highest BCUT2D eigenvalue weighted by molar-refractivity contribution is 5.99. The maximum atomic E-state index is 12.8. The number of ether oxygens (including phenoxy) is 1. The minimum absolute atomic E-state index is 0.00834. The second kappa shape index (κ2) is 7.79. The number of nitrogens with zero attached hydrogens (tertiary/aromatic N) is 2. The largest absolute Gasteiger partial charge is 0.482 e. The van der Waals surface area contributed by atoms with Crippen molar-refractivity contribution in [3.63, 3.8) is 0 Å². The molecule has 130 valence electrons. The van der Waals surface area contributed by atoms with E-state index in [4.69, 9.17) is 9.84 Å². The molecule has 25 heavy (non-hydrogen) atoms. The van der Waals surface area contributed by atoms with Crippen LogP contribution in [0.2, 0.25) is 0 Å². The van der Waals surface area contributed by atoms with E-state index in [2.05, 4.69) is 4.98 Å². The number of carbonyl (C=O) groups excluding carboxylic acids is 1. The van der Waals surface area contributed by atoms with Crippen molar-refractivity contribution in [3.8, 4) is 17.0 Å². The summed E-state index contributed by atoms with van der Waals surface area (Å²) in [5, 5.41) is 8.65. The topological polar surface area (TPSA) is 79.7 Å². The molecule has 0 atom stereocenters. The molecule has 2 heterocycles. The molecular weight excluding hydrogens is 320 g/mol. The molecule has 1 aliphatic heterocycles. The molecule has 6 nitrogen and oxygen atoms in total. The Morgan fingerprint density at radius 1 is 1.08 bits per heavy atom. The molecule has 0 saturated carbocycles. The SMILES string of the molecule is O=C(O)COc1ccc(-c2ncccc2C(=O)N2CCCCC2)cc1. The van der Waals surface area contributed by atoms with Crippen LogP contribution in [0, 0.1) is 0 Å². The summed E-state index contributed by atoms with van der Waals surface area (Å²) in [5.41, 5.74) is 2.01. The van der Waals surface area contributed by atoms with Crippen molar-refractivity contribution in [1.82, 2.24) is 9.88 Å². The molecule has 1 N–H and O–H groups in total. The van der Waals surface area contributed by atoms with Crippen molar-refractivity contribution in [2.24, 2.45) is 0 Å². The maximum absolute atomic E-state index is 12.8. The van der Waals surface area contributed by atoms with E-state index < -0.39 is 5.97 Å². The Hall–Kier alpha value is -2.89. The van der Waals surface area contributed by atoms with Gasteiger partial charge in [-0.2, -0.15) is 0 Å². The third-order valence-corrected chi connectivity index (χ3v) is 4.17. The molecule has 1 aromatic carbocycles. The van der Waals surface area contributed by atoms with Gasteiger partial charge in [-0.3, -0.25) is 9.78 Å². The molecule has 1 fully saturated rings. The van der Waals surface area contributed by atoms with Crippen LogP contribution in [0.1, 0.15) is 29.6 Å². The first-order chi connectivity index (χ1) is 12.1. The number of likely N-dealkylation sites (tertiary alicyclic amines) is 1. The van der Waals surface area contributed by atoms with Crippen molar-refractivity contribution in [2.45, 2.75) is 19.3 Å². The predicted octanol–water partition coefficient (Wildman–Crippen LogP) is 2.84. The van der Waals surface area contributed by atoms with Crippen LogP contribution in [0.15, 0.2) is 42.6 Å². The van der Waals surface area contributed by atoms with E-state index in [0.717, 1.165) is 31.5 Å². The van der Waals surface area contributed by atoms with Crippen LogP contribution in [-0.2, 0) is 4.79 Å². The molecule has 0 aliphatic carbocycles. The Morgan fingerprint density at radius 3 is 2.48 bits per heavy atom. The number of aromatic nitrogens is 1. The number of pyridine rings is 1. The fourth-order valence-electron chi connectivity index (χ4n) is 2.93. The lowest BCUT2D eigenvalue weighted by atomic mass is 10.0. The van der Waals surface area contributed by atoms with Crippen LogP contribution < -0.4 is 4.74 Å². The number of amides is 1. The van der Waals surface area contributed by atoms with E-state index >= 15 is 0 Å². The average Bonchev–Trinajstić information content (AvgIpc) is 2.67. The lowest BCUT2D eigenvalue weighted by Crippen LogP contribution is -2.35. The molecule has 0 unspecified atom stereocenters. The number of rotatable bonds is 5. The number of carboxylic acids is 1. The van der Waals surface area contributed by atoms with Crippen LogP contribution in [0.4, 0.5) is 0 Å². The molecule has 1 aromatic heterocycles. The van der Waals surface area contributed by atoms with Gasteiger partial charge in [-0.15, -0.1) is 0 Å². The number of carboxylic acid groups (broad SMARTS) is 1. The third-order valence-electron chi connectivity index (χ3n) is 4.17. The number of benzene rings is 1. The molecule has 0 bridgehead atoms. The minimum atomic E-state index is -1.02. The fraction of sp³-hybridized carbons (Fsp3) is 0.316. The number of hydrogen-bond acceptors (Lipinski definition) is 4. The maximum Gasteiger partial charge on any atom is 0.341 e. The zero-order valence-electron chi connectivity index (χ0n) is 13.9. The van der Waals surface area contributed by atoms with Gasteiger partial charge < -0.3 is 14.7 Å². The monoisotopic (exact) mass is 340 g/mol.